The van der Waals surface area contributed by atoms with Gasteiger partial charge in [0.05, 0.1) is 18.5 Å². The minimum absolute atomic E-state index is 0.745. The number of likely N-dealkylation sites (tertiary alicyclic amines) is 1. The molecule has 0 radical (unpaired) electrons. The van der Waals surface area contributed by atoms with Gasteiger partial charge in [0, 0.05) is 24.0 Å². The lowest BCUT2D eigenvalue weighted by atomic mass is 9.99. The van der Waals surface area contributed by atoms with E-state index in [1.807, 2.05) is 36.5 Å². The third-order valence-electron chi connectivity index (χ3n) is 5.35. The molecule has 1 aliphatic heterocycles. The number of ether oxygens (including phenoxy) is 1. The molecule has 5 nitrogen and oxygen atoms in total. The second-order valence-corrected chi connectivity index (χ2v) is 7.26. The highest BCUT2D eigenvalue weighted by atomic mass is 16.5. The average Bonchev–Trinajstić information content (AvgIpc) is 3.01. The van der Waals surface area contributed by atoms with Crippen LogP contribution < -0.4 is 10.5 Å². The van der Waals surface area contributed by atoms with Crippen LogP contribution in [0.2, 0.25) is 0 Å². The van der Waals surface area contributed by atoms with Crippen LogP contribution in [0.15, 0.2) is 42.6 Å². The predicted octanol–water partition coefficient (Wildman–Crippen LogP) is 3.82. The molecule has 0 bridgehead atoms. The molecule has 3 heterocycles. The predicted molar refractivity (Wildman–Crippen MR) is 105 cm³/mol. The van der Waals surface area contributed by atoms with Crippen molar-refractivity contribution in [3.05, 3.63) is 48.3 Å². The number of rotatable bonds is 4. The fraction of sp³-hybridized carbons (Fsp3) is 0.381. The molecule has 3 aromatic rings. The monoisotopic (exact) mass is 350 g/mol. The Hall–Kier alpha value is -2.53. The summed E-state index contributed by atoms with van der Waals surface area (Å²) in [6, 6.07) is 12.0. The SMILES string of the molecule is COc1ccccc1-c1nc2ccc(N)cn2c1CN1CCC(C)CC1. The Morgan fingerprint density at radius 2 is 1.92 bits per heavy atom. The number of fused-ring (bicyclic) bond motifs is 1. The van der Waals surface area contributed by atoms with Crippen LogP contribution >= 0.6 is 0 Å². The second kappa shape index (κ2) is 7.00. The second-order valence-electron chi connectivity index (χ2n) is 7.26. The summed E-state index contributed by atoms with van der Waals surface area (Å²) in [6.07, 6.45) is 4.48. The highest BCUT2D eigenvalue weighted by Gasteiger charge is 2.22. The number of methoxy groups -OCH3 is 1. The standard InChI is InChI=1S/C21H26N4O/c1-15-9-11-24(12-10-15)14-18-21(17-5-3-4-6-19(17)26-2)23-20-8-7-16(22)13-25(18)20/h3-8,13,15H,9-12,14,22H2,1-2H3. The highest BCUT2D eigenvalue weighted by molar-refractivity contribution is 5.72. The summed E-state index contributed by atoms with van der Waals surface area (Å²) in [5.74, 6) is 1.66. The van der Waals surface area contributed by atoms with Crippen LogP contribution in [0.1, 0.15) is 25.5 Å². The third-order valence-corrected chi connectivity index (χ3v) is 5.35. The van der Waals surface area contributed by atoms with Gasteiger partial charge in [0.2, 0.25) is 0 Å². The van der Waals surface area contributed by atoms with Crippen molar-refractivity contribution in [3.8, 4) is 17.0 Å². The van der Waals surface area contributed by atoms with Crippen molar-refractivity contribution in [2.24, 2.45) is 5.92 Å². The van der Waals surface area contributed by atoms with Crippen LogP contribution in [0, 0.1) is 5.92 Å². The quantitative estimate of drug-likeness (QED) is 0.777. The summed E-state index contributed by atoms with van der Waals surface area (Å²) in [5, 5.41) is 0. The molecule has 26 heavy (non-hydrogen) atoms. The molecular weight excluding hydrogens is 324 g/mol. The van der Waals surface area contributed by atoms with Crippen molar-refractivity contribution < 1.29 is 4.74 Å². The van der Waals surface area contributed by atoms with Crippen molar-refractivity contribution in [1.82, 2.24) is 14.3 Å². The molecule has 1 aliphatic rings. The topological polar surface area (TPSA) is 55.8 Å². The first kappa shape index (κ1) is 16.9. The first-order chi connectivity index (χ1) is 12.7. The van der Waals surface area contributed by atoms with Gasteiger partial charge in [-0.15, -0.1) is 0 Å². The smallest absolute Gasteiger partial charge is 0.137 e. The zero-order valence-corrected chi connectivity index (χ0v) is 15.5. The Morgan fingerprint density at radius 1 is 1.15 bits per heavy atom. The van der Waals surface area contributed by atoms with E-state index >= 15 is 0 Å². The van der Waals surface area contributed by atoms with Crippen LogP contribution in [-0.2, 0) is 6.54 Å². The number of piperidine rings is 1. The van der Waals surface area contributed by atoms with Gasteiger partial charge in [-0.25, -0.2) is 4.98 Å². The zero-order valence-electron chi connectivity index (χ0n) is 15.5. The molecule has 2 N–H and O–H groups in total. The highest BCUT2D eigenvalue weighted by Crippen LogP contribution is 2.33. The summed E-state index contributed by atoms with van der Waals surface area (Å²) in [4.78, 5) is 7.43. The molecule has 0 amide bonds. The number of benzene rings is 1. The first-order valence-electron chi connectivity index (χ1n) is 9.28. The lowest BCUT2D eigenvalue weighted by Gasteiger charge is -2.30. The maximum atomic E-state index is 6.06. The van der Waals surface area contributed by atoms with Gasteiger partial charge in [-0.05, 0) is 56.1 Å². The minimum atomic E-state index is 0.745. The van der Waals surface area contributed by atoms with Gasteiger partial charge < -0.3 is 14.9 Å². The molecule has 136 valence electrons. The van der Waals surface area contributed by atoms with Crippen molar-refractivity contribution in [2.45, 2.75) is 26.3 Å². The van der Waals surface area contributed by atoms with E-state index < -0.39 is 0 Å². The van der Waals surface area contributed by atoms with Crippen LogP contribution in [0.4, 0.5) is 5.69 Å². The summed E-state index contributed by atoms with van der Waals surface area (Å²) >= 11 is 0. The van der Waals surface area contributed by atoms with Crippen LogP contribution in [0.5, 0.6) is 5.75 Å². The Kier molecular flexibility index (Phi) is 4.55. The average molecular weight is 350 g/mol. The van der Waals surface area contributed by atoms with Gasteiger partial charge in [-0.3, -0.25) is 4.90 Å². The van der Waals surface area contributed by atoms with E-state index in [4.69, 9.17) is 15.5 Å². The number of nitrogens with two attached hydrogens (primary N) is 1. The van der Waals surface area contributed by atoms with Crippen LogP contribution in [-0.4, -0.2) is 34.5 Å². The van der Waals surface area contributed by atoms with E-state index in [1.54, 1.807) is 7.11 Å². The number of hydrogen-bond donors (Lipinski definition) is 1. The first-order valence-corrected chi connectivity index (χ1v) is 9.28. The van der Waals surface area contributed by atoms with Gasteiger partial charge >= 0.3 is 0 Å². The van der Waals surface area contributed by atoms with E-state index in [2.05, 4.69) is 22.3 Å². The van der Waals surface area contributed by atoms with Crippen LogP contribution in [0.25, 0.3) is 16.9 Å². The molecule has 5 heteroatoms. The molecule has 1 fully saturated rings. The number of nitrogen functional groups attached to an aromatic ring is 1. The molecule has 4 rings (SSSR count). The maximum absolute atomic E-state index is 6.06. The molecule has 0 spiro atoms. The van der Waals surface area contributed by atoms with Crippen molar-refractivity contribution in [3.63, 3.8) is 0 Å². The molecule has 2 aromatic heterocycles. The number of hydrogen-bond acceptors (Lipinski definition) is 4. The molecule has 0 atom stereocenters. The third kappa shape index (κ3) is 3.15. The van der Waals surface area contributed by atoms with E-state index in [0.717, 1.165) is 53.9 Å². The molecular formula is C21H26N4O. The molecule has 0 saturated carbocycles. The van der Waals surface area contributed by atoms with Crippen molar-refractivity contribution >= 4 is 11.3 Å². The van der Waals surface area contributed by atoms with E-state index in [0.29, 0.717) is 0 Å². The summed E-state index contributed by atoms with van der Waals surface area (Å²) in [5.41, 5.74) is 10.9. The van der Waals surface area contributed by atoms with Crippen molar-refractivity contribution in [1.29, 1.82) is 0 Å². The number of nitrogens with zero attached hydrogens (tertiary/aromatic N) is 3. The lowest BCUT2D eigenvalue weighted by Crippen LogP contribution is -2.32. The molecule has 0 unspecified atom stereocenters. The fourth-order valence-electron chi connectivity index (χ4n) is 3.75. The lowest BCUT2D eigenvalue weighted by molar-refractivity contribution is 0.183. The van der Waals surface area contributed by atoms with E-state index in [9.17, 15) is 0 Å². The van der Waals surface area contributed by atoms with Gasteiger partial charge in [-0.1, -0.05) is 19.1 Å². The number of aromatic nitrogens is 2. The molecule has 1 saturated heterocycles. The summed E-state index contributed by atoms with van der Waals surface area (Å²) in [7, 11) is 1.71. The number of para-hydroxylation sites is 1. The van der Waals surface area contributed by atoms with E-state index in [-0.39, 0.29) is 0 Å². The fourth-order valence-corrected chi connectivity index (χ4v) is 3.75. The summed E-state index contributed by atoms with van der Waals surface area (Å²) < 4.78 is 7.73. The Labute approximate surface area is 154 Å². The number of imidazole rings is 1. The Balaban J connectivity index is 1.81. The van der Waals surface area contributed by atoms with Gasteiger partial charge in [0.25, 0.3) is 0 Å². The van der Waals surface area contributed by atoms with Crippen molar-refractivity contribution in [2.75, 3.05) is 25.9 Å². The molecule has 1 aromatic carbocycles. The van der Waals surface area contributed by atoms with Gasteiger partial charge in [0.1, 0.15) is 11.4 Å². The maximum Gasteiger partial charge on any atom is 0.137 e. The largest absolute Gasteiger partial charge is 0.496 e. The minimum Gasteiger partial charge on any atom is -0.496 e. The zero-order chi connectivity index (χ0) is 18.1. The molecule has 0 aliphatic carbocycles. The Morgan fingerprint density at radius 3 is 2.69 bits per heavy atom. The van der Waals surface area contributed by atoms with Gasteiger partial charge in [-0.2, -0.15) is 0 Å². The summed E-state index contributed by atoms with van der Waals surface area (Å²) in [6.45, 7) is 5.46. The van der Waals surface area contributed by atoms with Gasteiger partial charge in [0.15, 0.2) is 0 Å². The number of anilines is 1. The Bertz CT molecular complexity index is 910. The van der Waals surface area contributed by atoms with E-state index in [1.165, 1.54) is 18.5 Å². The number of pyridine rings is 1. The van der Waals surface area contributed by atoms with Crippen LogP contribution in [0.3, 0.4) is 0 Å². The normalized spacial score (nSPS) is 16.2.